The van der Waals surface area contributed by atoms with Crippen LogP contribution in [0.4, 0.5) is 0 Å². The van der Waals surface area contributed by atoms with Crippen molar-refractivity contribution in [3.63, 3.8) is 0 Å². The van der Waals surface area contributed by atoms with E-state index in [1.54, 1.807) is 0 Å². The Labute approximate surface area is 95.4 Å². The molecule has 1 aromatic carbocycles. The van der Waals surface area contributed by atoms with Gasteiger partial charge in [-0.15, -0.1) is 11.6 Å². The highest BCUT2D eigenvalue weighted by Gasteiger charge is 1.99. The first-order chi connectivity index (χ1) is 6.72. The second-order valence-corrected chi connectivity index (χ2v) is 4.32. The fourth-order valence-corrected chi connectivity index (χ4v) is 1.35. The Kier molecular flexibility index (Phi) is 5.31. The molecule has 0 radical (unpaired) electrons. The summed E-state index contributed by atoms with van der Waals surface area (Å²) in [5.74, 6) is 0. The molecule has 1 aromatic rings. The smallest absolute Gasteiger partial charge is 0.0458 e. The molecule has 3 heteroatoms. The zero-order valence-electron chi connectivity index (χ0n) is 8.26. The summed E-state index contributed by atoms with van der Waals surface area (Å²) in [6, 6.07) is 7.84. The fourth-order valence-electron chi connectivity index (χ4n) is 1.12. The number of benzene rings is 1. The third kappa shape index (κ3) is 4.32. The molecule has 1 unspecified atom stereocenters. The third-order valence-corrected chi connectivity index (χ3v) is 2.77. The molecule has 0 aliphatic rings. The van der Waals surface area contributed by atoms with E-state index in [2.05, 4.69) is 12.2 Å². The van der Waals surface area contributed by atoms with Crippen LogP contribution in [0.1, 0.15) is 18.9 Å². The lowest BCUT2D eigenvalue weighted by Crippen LogP contribution is -2.22. The van der Waals surface area contributed by atoms with Gasteiger partial charge in [-0.25, -0.2) is 0 Å². The molecule has 0 aliphatic carbocycles. The van der Waals surface area contributed by atoms with Crippen LogP contribution in [0, 0.1) is 0 Å². The maximum Gasteiger partial charge on any atom is 0.0458 e. The molecule has 0 saturated heterocycles. The molecule has 0 aromatic heterocycles. The number of hydrogen-bond acceptors (Lipinski definition) is 1. The minimum Gasteiger partial charge on any atom is -0.311 e. The SMILES string of the molecule is CCC(Cl)CNCc1ccc(Cl)cc1. The summed E-state index contributed by atoms with van der Waals surface area (Å²) >= 11 is 11.8. The van der Waals surface area contributed by atoms with E-state index >= 15 is 0 Å². The predicted molar refractivity (Wildman–Crippen MR) is 63.1 cm³/mol. The van der Waals surface area contributed by atoms with Gasteiger partial charge in [0, 0.05) is 23.5 Å². The summed E-state index contributed by atoms with van der Waals surface area (Å²) in [5, 5.41) is 4.30. The van der Waals surface area contributed by atoms with Gasteiger partial charge < -0.3 is 5.32 Å². The van der Waals surface area contributed by atoms with Crippen LogP contribution in [0.5, 0.6) is 0 Å². The highest BCUT2D eigenvalue weighted by Crippen LogP contribution is 2.09. The molecule has 1 atom stereocenters. The van der Waals surface area contributed by atoms with Gasteiger partial charge in [0.25, 0.3) is 0 Å². The van der Waals surface area contributed by atoms with Crippen LogP contribution in [-0.2, 0) is 6.54 Å². The summed E-state index contributed by atoms with van der Waals surface area (Å²) in [4.78, 5) is 0. The first-order valence-corrected chi connectivity index (χ1v) is 5.63. The molecule has 0 bridgehead atoms. The molecule has 1 N–H and O–H groups in total. The van der Waals surface area contributed by atoms with E-state index in [-0.39, 0.29) is 5.38 Å². The summed E-state index contributed by atoms with van der Waals surface area (Å²) < 4.78 is 0. The van der Waals surface area contributed by atoms with Gasteiger partial charge in [-0.2, -0.15) is 0 Å². The van der Waals surface area contributed by atoms with Gasteiger partial charge in [-0.3, -0.25) is 0 Å². The first-order valence-electron chi connectivity index (χ1n) is 4.81. The van der Waals surface area contributed by atoms with E-state index in [0.29, 0.717) is 0 Å². The Bertz CT molecular complexity index is 258. The zero-order valence-corrected chi connectivity index (χ0v) is 9.78. The van der Waals surface area contributed by atoms with E-state index in [0.717, 1.165) is 24.5 Å². The monoisotopic (exact) mass is 231 g/mol. The van der Waals surface area contributed by atoms with E-state index in [9.17, 15) is 0 Å². The molecular formula is C11H15Cl2N. The standard InChI is InChI=1S/C11H15Cl2N/c1-2-10(12)8-14-7-9-3-5-11(13)6-4-9/h3-6,10,14H,2,7-8H2,1H3. The van der Waals surface area contributed by atoms with E-state index in [1.165, 1.54) is 5.56 Å². The molecule has 0 spiro atoms. The average Bonchev–Trinajstić information content (AvgIpc) is 2.21. The topological polar surface area (TPSA) is 12.0 Å². The molecule has 0 saturated carbocycles. The fraction of sp³-hybridized carbons (Fsp3) is 0.455. The van der Waals surface area contributed by atoms with Crippen molar-refractivity contribution in [1.82, 2.24) is 5.32 Å². The Balaban J connectivity index is 2.28. The first kappa shape index (κ1) is 11.8. The summed E-state index contributed by atoms with van der Waals surface area (Å²) in [6.45, 7) is 3.78. The van der Waals surface area contributed by atoms with Gasteiger partial charge in [0.2, 0.25) is 0 Å². The molecule has 0 heterocycles. The number of halogens is 2. The quantitative estimate of drug-likeness (QED) is 0.766. The van der Waals surface area contributed by atoms with E-state index in [4.69, 9.17) is 23.2 Å². The maximum absolute atomic E-state index is 5.97. The van der Waals surface area contributed by atoms with Crippen molar-refractivity contribution in [3.8, 4) is 0 Å². The van der Waals surface area contributed by atoms with Crippen LogP contribution in [0.25, 0.3) is 0 Å². The van der Waals surface area contributed by atoms with Crippen molar-refractivity contribution < 1.29 is 0 Å². The van der Waals surface area contributed by atoms with Crippen molar-refractivity contribution in [2.45, 2.75) is 25.3 Å². The molecule has 14 heavy (non-hydrogen) atoms. The number of alkyl halides is 1. The lowest BCUT2D eigenvalue weighted by molar-refractivity contribution is 0.647. The molecule has 78 valence electrons. The molecule has 0 aliphatic heterocycles. The summed E-state index contributed by atoms with van der Waals surface area (Å²) in [6.07, 6.45) is 0.995. The maximum atomic E-state index is 5.97. The zero-order chi connectivity index (χ0) is 10.4. The normalized spacial score (nSPS) is 12.8. The number of hydrogen-bond donors (Lipinski definition) is 1. The Morgan fingerprint density at radius 2 is 1.93 bits per heavy atom. The van der Waals surface area contributed by atoms with Crippen molar-refractivity contribution in [2.75, 3.05) is 6.54 Å². The van der Waals surface area contributed by atoms with Crippen molar-refractivity contribution in [2.24, 2.45) is 0 Å². The minimum absolute atomic E-state index is 0.224. The van der Waals surface area contributed by atoms with Crippen LogP contribution in [-0.4, -0.2) is 11.9 Å². The van der Waals surface area contributed by atoms with Crippen LogP contribution < -0.4 is 5.32 Å². The van der Waals surface area contributed by atoms with Gasteiger partial charge in [-0.05, 0) is 24.1 Å². The summed E-state index contributed by atoms with van der Waals surface area (Å²) in [7, 11) is 0. The number of rotatable bonds is 5. The Morgan fingerprint density at radius 1 is 1.29 bits per heavy atom. The minimum atomic E-state index is 0.224. The molecular weight excluding hydrogens is 217 g/mol. The Morgan fingerprint density at radius 3 is 2.50 bits per heavy atom. The van der Waals surface area contributed by atoms with Crippen molar-refractivity contribution >= 4 is 23.2 Å². The van der Waals surface area contributed by atoms with E-state index in [1.807, 2.05) is 24.3 Å². The highest BCUT2D eigenvalue weighted by atomic mass is 35.5. The van der Waals surface area contributed by atoms with Crippen LogP contribution in [0.2, 0.25) is 5.02 Å². The van der Waals surface area contributed by atoms with Crippen molar-refractivity contribution in [1.29, 1.82) is 0 Å². The second kappa shape index (κ2) is 6.28. The van der Waals surface area contributed by atoms with Gasteiger partial charge in [0.15, 0.2) is 0 Å². The van der Waals surface area contributed by atoms with Gasteiger partial charge >= 0.3 is 0 Å². The molecule has 0 amide bonds. The lowest BCUT2D eigenvalue weighted by atomic mass is 10.2. The largest absolute Gasteiger partial charge is 0.311 e. The highest BCUT2D eigenvalue weighted by molar-refractivity contribution is 6.30. The average molecular weight is 232 g/mol. The van der Waals surface area contributed by atoms with Gasteiger partial charge in [0.05, 0.1) is 0 Å². The predicted octanol–water partition coefficient (Wildman–Crippen LogP) is 3.45. The second-order valence-electron chi connectivity index (χ2n) is 3.26. The van der Waals surface area contributed by atoms with Crippen LogP contribution in [0.15, 0.2) is 24.3 Å². The molecule has 0 fully saturated rings. The van der Waals surface area contributed by atoms with Gasteiger partial charge in [0.1, 0.15) is 0 Å². The molecule has 1 rings (SSSR count). The van der Waals surface area contributed by atoms with Gasteiger partial charge in [-0.1, -0.05) is 30.7 Å². The van der Waals surface area contributed by atoms with Crippen LogP contribution >= 0.6 is 23.2 Å². The molecule has 1 nitrogen and oxygen atoms in total. The third-order valence-electron chi connectivity index (χ3n) is 2.05. The van der Waals surface area contributed by atoms with Crippen molar-refractivity contribution in [3.05, 3.63) is 34.9 Å². The Hall–Kier alpha value is -0.240. The van der Waals surface area contributed by atoms with Crippen LogP contribution in [0.3, 0.4) is 0 Å². The lowest BCUT2D eigenvalue weighted by Gasteiger charge is -2.08. The van der Waals surface area contributed by atoms with E-state index < -0.39 is 0 Å². The number of nitrogens with one attached hydrogen (secondary N) is 1. The summed E-state index contributed by atoms with van der Waals surface area (Å²) in [5.41, 5.74) is 1.23.